The van der Waals surface area contributed by atoms with E-state index in [9.17, 15) is 13.6 Å². The molecule has 1 unspecified atom stereocenters. The molecule has 0 spiro atoms. The molecular weight excluding hydrogens is 278 g/mol. The van der Waals surface area contributed by atoms with Gasteiger partial charge in [-0.3, -0.25) is 9.48 Å². The molecule has 1 aromatic heterocycles. The highest BCUT2D eigenvalue weighted by atomic mass is 19.3. The van der Waals surface area contributed by atoms with Crippen LogP contribution in [0.1, 0.15) is 36.7 Å². The highest BCUT2D eigenvalue weighted by Gasteiger charge is 2.42. The number of carbonyl (C=O) groups excluding carboxylic acids is 1. The molecule has 0 fully saturated rings. The average Bonchev–Trinajstić information content (AvgIpc) is 2.74. The van der Waals surface area contributed by atoms with Gasteiger partial charge in [0, 0.05) is 51.5 Å². The van der Waals surface area contributed by atoms with Crippen LogP contribution in [0.25, 0.3) is 0 Å². The van der Waals surface area contributed by atoms with E-state index in [1.54, 1.807) is 0 Å². The molecule has 0 bridgehead atoms. The first-order chi connectivity index (χ1) is 9.97. The van der Waals surface area contributed by atoms with E-state index < -0.39 is 5.92 Å². The van der Waals surface area contributed by atoms with E-state index in [-0.39, 0.29) is 23.9 Å². The number of fused-ring (bicyclic) bond motifs is 3. The van der Waals surface area contributed by atoms with E-state index in [1.807, 2.05) is 0 Å². The number of nitrogens with one attached hydrogen (secondary N) is 2. The summed E-state index contributed by atoms with van der Waals surface area (Å²) in [5.41, 5.74) is 1.55. The molecular formula is C14H20F2N4O. The molecule has 21 heavy (non-hydrogen) atoms. The number of amides is 1. The molecule has 5 nitrogen and oxygen atoms in total. The number of aromatic nitrogens is 2. The summed E-state index contributed by atoms with van der Waals surface area (Å²) in [5.74, 6) is -2.98. The first-order valence-electron chi connectivity index (χ1n) is 7.39. The Morgan fingerprint density at radius 2 is 2.38 bits per heavy atom. The minimum absolute atomic E-state index is 0.00432. The molecule has 0 aliphatic carbocycles. The molecule has 1 amide bonds. The first-order valence-corrected chi connectivity index (χ1v) is 7.39. The van der Waals surface area contributed by atoms with Gasteiger partial charge < -0.3 is 10.6 Å². The van der Waals surface area contributed by atoms with Gasteiger partial charge in [0.25, 0.3) is 5.92 Å². The molecule has 0 saturated heterocycles. The van der Waals surface area contributed by atoms with Crippen LogP contribution in [0, 0.1) is 5.92 Å². The number of hydrogen-bond acceptors (Lipinski definition) is 3. The predicted octanol–water partition coefficient (Wildman–Crippen LogP) is 1.17. The van der Waals surface area contributed by atoms with Gasteiger partial charge in [-0.25, -0.2) is 0 Å². The van der Waals surface area contributed by atoms with Gasteiger partial charge in [-0.15, -0.1) is 0 Å². The van der Waals surface area contributed by atoms with Crippen molar-refractivity contribution in [1.29, 1.82) is 0 Å². The zero-order chi connectivity index (χ0) is 15.0. The number of carbonyl (C=O) groups is 1. The third-order valence-corrected chi connectivity index (χ3v) is 4.26. The molecule has 2 N–H and O–H groups in total. The Hall–Kier alpha value is -1.50. The number of alkyl halides is 2. The number of hydrogen-bond donors (Lipinski definition) is 2. The first kappa shape index (κ1) is 14.4. The van der Waals surface area contributed by atoms with Crippen LogP contribution in [0.2, 0.25) is 0 Å². The second-order valence-electron chi connectivity index (χ2n) is 5.93. The Balaban J connectivity index is 1.90. The lowest BCUT2D eigenvalue weighted by molar-refractivity contribution is -0.119. The minimum Gasteiger partial charge on any atom is -0.356 e. The van der Waals surface area contributed by atoms with E-state index in [4.69, 9.17) is 0 Å². The van der Waals surface area contributed by atoms with Crippen LogP contribution >= 0.6 is 0 Å². The third kappa shape index (κ3) is 2.79. The van der Waals surface area contributed by atoms with Gasteiger partial charge in [0.05, 0.1) is 5.69 Å². The highest BCUT2D eigenvalue weighted by Crippen LogP contribution is 2.40. The van der Waals surface area contributed by atoms with Crippen LogP contribution in [0.4, 0.5) is 8.78 Å². The van der Waals surface area contributed by atoms with Gasteiger partial charge in [0.15, 0.2) is 0 Å². The van der Waals surface area contributed by atoms with Crippen molar-refractivity contribution < 1.29 is 13.6 Å². The van der Waals surface area contributed by atoms with Crippen molar-refractivity contribution in [3.8, 4) is 0 Å². The number of rotatable bonds is 2. The van der Waals surface area contributed by atoms with E-state index in [1.165, 1.54) is 11.6 Å². The van der Waals surface area contributed by atoms with Gasteiger partial charge >= 0.3 is 0 Å². The maximum absolute atomic E-state index is 14.5. The fourth-order valence-electron chi connectivity index (χ4n) is 3.19. The van der Waals surface area contributed by atoms with Gasteiger partial charge in [0.2, 0.25) is 5.91 Å². The van der Waals surface area contributed by atoms with Crippen LogP contribution in [-0.4, -0.2) is 28.8 Å². The monoisotopic (exact) mass is 298 g/mol. The standard InChI is InChI=1S/C14H20F2N4O/c1-9(21)18-6-10-2-4-14(15,16)13-11-7-17-5-3-12(11)19-20(13)8-10/h10,17H,2-8H2,1H3,(H,18,21). The highest BCUT2D eigenvalue weighted by molar-refractivity contribution is 5.72. The second-order valence-corrected chi connectivity index (χ2v) is 5.93. The Kier molecular flexibility index (Phi) is 3.69. The fourth-order valence-corrected chi connectivity index (χ4v) is 3.19. The number of nitrogens with zero attached hydrogens (tertiary/aromatic N) is 2. The lowest BCUT2D eigenvalue weighted by Crippen LogP contribution is -2.29. The molecule has 2 aliphatic heterocycles. The van der Waals surface area contributed by atoms with Crippen molar-refractivity contribution in [2.45, 2.75) is 45.2 Å². The number of halogens is 2. The molecule has 116 valence electrons. The lowest BCUT2D eigenvalue weighted by Gasteiger charge is -2.19. The molecule has 3 heterocycles. The Bertz CT molecular complexity index is 555. The van der Waals surface area contributed by atoms with Crippen LogP contribution < -0.4 is 10.6 Å². The van der Waals surface area contributed by atoms with Gasteiger partial charge in [-0.05, 0) is 12.3 Å². The van der Waals surface area contributed by atoms with E-state index in [0.717, 1.165) is 12.2 Å². The predicted molar refractivity (Wildman–Crippen MR) is 72.9 cm³/mol. The lowest BCUT2D eigenvalue weighted by atomic mass is 9.98. The molecule has 0 saturated carbocycles. The molecule has 0 aromatic carbocycles. The average molecular weight is 298 g/mol. The van der Waals surface area contributed by atoms with E-state index in [2.05, 4.69) is 15.7 Å². The summed E-state index contributed by atoms with van der Waals surface area (Å²) in [6.45, 7) is 3.56. The summed E-state index contributed by atoms with van der Waals surface area (Å²) in [6, 6.07) is 0. The molecule has 1 atom stereocenters. The van der Waals surface area contributed by atoms with Crippen molar-refractivity contribution >= 4 is 5.91 Å². The molecule has 0 radical (unpaired) electrons. The maximum Gasteiger partial charge on any atom is 0.289 e. The van der Waals surface area contributed by atoms with Gasteiger partial charge in [0.1, 0.15) is 5.69 Å². The Labute approximate surface area is 122 Å². The Morgan fingerprint density at radius 3 is 3.14 bits per heavy atom. The van der Waals surface area contributed by atoms with Crippen LogP contribution in [0.15, 0.2) is 0 Å². The summed E-state index contributed by atoms with van der Waals surface area (Å²) in [4.78, 5) is 11.0. The zero-order valence-electron chi connectivity index (χ0n) is 12.1. The normalized spacial score (nSPS) is 23.9. The summed E-state index contributed by atoms with van der Waals surface area (Å²) in [6.07, 6.45) is 0.899. The quantitative estimate of drug-likeness (QED) is 0.861. The Morgan fingerprint density at radius 1 is 1.57 bits per heavy atom. The van der Waals surface area contributed by atoms with Gasteiger partial charge in [-0.1, -0.05) is 0 Å². The van der Waals surface area contributed by atoms with Gasteiger partial charge in [-0.2, -0.15) is 13.9 Å². The van der Waals surface area contributed by atoms with E-state index in [0.29, 0.717) is 38.0 Å². The smallest absolute Gasteiger partial charge is 0.289 e. The minimum atomic E-state index is -2.84. The summed E-state index contributed by atoms with van der Waals surface area (Å²) in [7, 11) is 0. The second kappa shape index (κ2) is 5.36. The van der Waals surface area contributed by atoms with Crippen LogP contribution in [-0.2, 0) is 30.2 Å². The van der Waals surface area contributed by atoms with Crippen LogP contribution in [0.3, 0.4) is 0 Å². The molecule has 1 aromatic rings. The van der Waals surface area contributed by atoms with E-state index >= 15 is 0 Å². The van der Waals surface area contributed by atoms with Crippen molar-refractivity contribution in [3.63, 3.8) is 0 Å². The molecule has 3 rings (SSSR count). The van der Waals surface area contributed by atoms with Crippen molar-refractivity contribution in [1.82, 2.24) is 20.4 Å². The topological polar surface area (TPSA) is 59.0 Å². The maximum atomic E-state index is 14.5. The molecule has 2 aliphatic rings. The zero-order valence-corrected chi connectivity index (χ0v) is 12.1. The van der Waals surface area contributed by atoms with Crippen molar-refractivity contribution in [2.24, 2.45) is 5.92 Å². The largest absolute Gasteiger partial charge is 0.356 e. The third-order valence-electron chi connectivity index (χ3n) is 4.26. The summed E-state index contributed by atoms with van der Waals surface area (Å²) < 4.78 is 30.4. The SMILES string of the molecule is CC(=O)NCC1CCC(F)(F)c2c3c(nn2C1)CCNC3. The summed E-state index contributed by atoms with van der Waals surface area (Å²) in [5, 5.41) is 10.3. The van der Waals surface area contributed by atoms with Crippen LogP contribution in [0.5, 0.6) is 0 Å². The molecule has 7 heteroatoms. The van der Waals surface area contributed by atoms with Crippen molar-refractivity contribution in [2.75, 3.05) is 13.1 Å². The van der Waals surface area contributed by atoms with Crippen molar-refractivity contribution in [3.05, 3.63) is 17.0 Å². The fraction of sp³-hybridized carbons (Fsp3) is 0.714. The summed E-state index contributed by atoms with van der Waals surface area (Å²) >= 11 is 0.